The molecule has 0 amide bonds. The predicted molar refractivity (Wildman–Crippen MR) is 52.6 cm³/mol. The molecule has 13 heavy (non-hydrogen) atoms. The van der Waals surface area contributed by atoms with E-state index >= 15 is 0 Å². The van der Waals surface area contributed by atoms with Crippen LogP contribution in [0.1, 0.15) is 0 Å². The fraction of sp³-hybridized carbons (Fsp3) is 0.833. The lowest BCUT2D eigenvalue weighted by atomic mass is 10.0. The van der Waals surface area contributed by atoms with Gasteiger partial charge in [-0.05, 0) is 0 Å². The van der Waals surface area contributed by atoms with Crippen LogP contribution in [0.3, 0.4) is 0 Å². The van der Waals surface area contributed by atoms with Crippen LogP contribution < -0.4 is 0 Å². The first-order valence-electron chi connectivity index (χ1n) is 3.33. The lowest BCUT2D eigenvalue weighted by Gasteiger charge is -2.22. The summed E-state index contributed by atoms with van der Waals surface area (Å²) >= 11 is 0. The summed E-state index contributed by atoms with van der Waals surface area (Å²) < 4.78 is 0. The molecule has 0 aliphatic carbocycles. The van der Waals surface area contributed by atoms with Gasteiger partial charge in [0.2, 0.25) is 0 Å². The second-order valence-corrected chi connectivity index (χ2v) is 2.36. The highest BCUT2D eigenvalue weighted by Gasteiger charge is 2.29. The van der Waals surface area contributed by atoms with Gasteiger partial charge in [0.05, 0.1) is 6.61 Å². The first kappa shape index (κ1) is 15.7. The number of aliphatic hydroxyl groups is 5. The van der Waals surface area contributed by atoms with Gasteiger partial charge in [-0.2, -0.15) is 0 Å². The molecule has 0 fully saturated rings. The fourth-order valence-electron chi connectivity index (χ4n) is 0.618. The Hall–Kier alpha value is 0.200. The van der Waals surface area contributed by atoms with E-state index in [9.17, 15) is 4.79 Å². The van der Waals surface area contributed by atoms with Crippen LogP contribution in [0.2, 0.25) is 0 Å². The van der Waals surface area contributed by atoms with Gasteiger partial charge in [0.25, 0.3) is 0 Å². The summed E-state index contributed by atoms with van der Waals surface area (Å²) in [6, 6.07) is 0. The summed E-state index contributed by atoms with van der Waals surface area (Å²) in [5, 5.41) is 43.5. The third kappa shape index (κ3) is 4.84. The van der Waals surface area contributed by atoms with Crippen molar-refractivity contribution in [2.75, 3.05) is 6.61 Å². The van der Waals surface area contributed by atoms with Gasteiger partial charge in [-0.15, -0.1) is 24.0 Å². The Labute approximate surface area is 91.8 Å². The highest BCUT2D eigenvalue weighted by molar-refractivity contribution is 14.0. The fourth-order valence-corrected chi connectivity index (χ4v) is 0.618. The molecule has 5 N–H and O–H groups in total. The van der Waals surface area contributed by atoms with Crippen LogP contribution >= 0.6 is 24.0 Å². The number of hydrogen-bond donors (Lipinski definition) is 5. The number of carbonyl (C=O) groups excluding carboxylic acids is 1. The Balaban J connectivity index is 0. The van der Waals surface area contributed by atoms with Crippen molar-refractivity contribution in [3.63, 3.8) is 0 Å². The van der Waals surface area contributed by atoms with Crippen molar-refractivity contribution in [2.45, 2.75) is 24.4 Å². The zero-order chi connectivity index (χ0) is 9.72. The third-order valence-electron chi connectivity index (χ3n) is 1.42. The van der Waals surface area contributed by atoms with Crippen molar-refractivity contribution in [1.29, 1.82) is 0 Å². The van der Waals surface area contributed by atoms with Gasteiger partial charge in [-0.1, -0.05) is 0 Å². The van der Waals surface area contributed by atoms with Crippen LogP contribution in [0, 0.1) is 0 Å². The molecule has 0 unspecified atom stereocenters. The molecule has 0 aromatic carbocycles. The monoisotopic (exact) mass is 308 g/mol. The van der Waals surface area contributed by atoms with E-state index in [1.54, 1.807) is 0 Å². The van der Waals surface area contributed by atoms with Crippen molar-refractivity contribution in [3.8, 4) is 0 Å². The zero-order valence-corrected chi connectivity index (χ0v) is 8.98. The van der Waals surface area contributed by atoms with E-state index < -0.39 is 31.0 Å². The molecule has 0 aromatic rings. The minimum absolute atomic E-state index is 0. The van der Waals surface area contributed by atoms with Gasteiger partial charge < -0.3 is 30.3 Å². The summed E-state index contributed by atoms with van der Waals surface area (Å²) in [7, 11) is 0. The number of carbonyl (C=O) groups is 1. The molecule has 0 rings (SSSR count). The second kappa shape index (κ2) is 7.59. The molecule has 0 saturated carbocycles. The smallest absolute Gasteiger partial charge is 0.151 e. The standard InChI is InChI=1S/C6H12O6.HI/c7-1-3(9)5(11)6(12)4(10)2-8;/h1,3-6,8-12H,2H2;1H/t3-,4+,5+,6-;/m1./s1. The molecule has 0 bridgehead atoms. The maximum absolute atomic E-state index is 9.90. The highest BCUT2D eigenvalue weighted by atomic mass is 127. The molecule has 0 spiro atoms. The minimum Gasteiger partial charge on any atom is -0.394 e. The van der Waals surface area contributed by atoms with E-state index in [1.165, 1.54) is 0 Å². The molecular weight excluding hydrogens is 295 g/mol. The van der Waals surface area contributed by atoms with Crippen molar-refractivity contribution in [1.82, 2.24) is 0 Å². The Bertz CT molecular complexity index is 143. The van der Waals surface area contributed by atoms with Crippen molar-refractivity contribution < 1.29 is 30.3 Å². The molecule has 0 heterocycles. The maximum atomic E-state index is 9.90. The van der Waals surface area contributed by atoms with Crippen LogP contribution in [0.15, 0.2) is 0 Å². The molecule has 6 nitrogen and oxygen atoms in total. The van der Waals surface area contributed by atoms with E-state index in [2.05, 4.69) is 0 Å². The van der Waals surface area contributed by atoms with E-state index in [1.807, 2.05) is 0 Å². The van der Waals surface area contributed by atoms with Crippen LogP contribution in [-0.4, -0.2) is 62.8 Å². The maximum Gasteiger partial charge on any atom is 0.151 e. The van der Waals surface area contributed by atoms with Crippen LogP contribution in [-0.2, 0) is 4.79 Å². The number of hydrogen-bond acceptors (Lipinski definition) is 6. The quantitative estimate of drug-likeness (QED) is 0.277. The summed E-state index contributed by atoms with van der Waals surface area (Å²) in [5.74, 6) is 0. The van der Waals surface area contributed by atoms with Crippen LogP contribution in [0.4, 0.5) is 0 Å². The van der Waals surface area contributed by atoms with Gasteiger partial charge >= 0.3 is 0 Å². The van der Waals surface area contributed by atoms with Gasteiger partial charge in [0.15, 0.2) is 6.29 Å². The van der Waals surface area contributed by atoms with Crippen molar-refractivity contribution >= 4 is 30.3 Å². The van der Waals surface area contributed by atoms with Gasteiger partial charge in [0.1, 0.15) is 24.4 Å². The van der Waals surface area contributed by atoms with Crippen molar-refractivity contribution in [2.24, 2.45) is 0 Å². The summed E-state index contributed by atoms with van der Waals surface area (Å²) in [4.78, 5) is 9.90. The Morgan fingerprint density at radius 1 is 1.08 bits per heavy atom. The third-order valence-corrected chi connectivity index (χ3v) is 1.42. The van der Waals surface area contributed by atoms with Gasteiger partial charge in [-0.25, -0.2) is 0 Å². The second-order valence-electron chi connectivity index (χ2n) is 2.36. The molecular formula is C6H13IO6. The topological polar surface area (TPSA) is 118 Å². The van der Waals surface area contributed by atoms with Gasteiger partial charge in [-0.3, -0.25) is 0 Å². The van der Waals surface area contributed by atoms with E-state index in [0.717, 1.165) is 0 Å². The Kier molecular flexibility index (Phi) is 9.14. The first-order valence-corrected chi connectivity index (χ1v) is 3.33. The summed E-state index contributed by atoms with van der Waals surface area (Å²) in [6.07, 6.45) is -6.84. The van der Waals surface area contributed by atoms with E-state index in [4.69, 9.17) is 25.5 Å². The SMILES string of the molecule is I.O=C[C@@H](O)[C@H](O)[C@H](O)[C@@H](O)CO. The summed E-state index contributed by atoms with van der Waals surface area (Å²) in [5.41, 5.74) is 0. The van der Waals surface area contributed by atoms with Crippen LogP contribution in [0.5, 0.6) is 0 Å². The minimum atomic E-state index is -1.79. The zero-order valence-electron chi connectivity index (χ0n) is 6.65. The number of halogens is 1. The van der Waals surface area contributed by atoms with Crippen LogP contribution in [0.25, 0.3) is 0 Å². The average Bonchev–Trinajstić information content (AvgIpc) is 2.12. The van der Waals surface area contributed by atoms with Crippen molar-refractivity contribution in [3.05, 3.63) is 0 Å². The number of aldehydes is 1. The highest BCUT2D eigenvalue weighted by Crippen LogP contribution is 2.02. The molecule has 0 aliphatic rings. The molecule has 4 atom stereocenters. The average molecular weight is 308 g/mol. The van der Waals surface area contributed by atoms with Gasteiger partial charge in [0, 0.05) is 0 Å². The summed E-state index contributed by atoms with van der Waals surface area (Å²) in [6.45, 7) is -0.760. The lowest BCUT2D eigenvalue weighted by Crippen LogP contribution is -2.46. The molecule has 0 aliphatic heterocycles. The Morgan fingerprint density at radius 3 is 1.85 bits per heavy atom. The molecule has 80 valence electrons. The Morgan fingerprint density at radius 2 is 1.54 bits per heavy atom. The van der Waals surface area contributed by atoms with E-state index in [0.29, 0.717) is 0 Å². The molecule has 0 aromatic heterocycles. The predicted octanol–water partition coefficient (Wildman–Crippen LogP) is -2.76. The number of rotatable bonds is 5. The normalized spacial score (nSPS) is 19.5. The lowest BCUT2D eigenvalue weighted by molar-refractivity contribution is -0.136. The molecule has 7 heteroatoms. The number of aliphatic hydroxyl groups excluding tert-OH is 5. The molecule has 0 radical (unpaired) electrons. The van der Waals surface area contributed by atoms with E-state index in [-0.39, 0.29) is 30.3 Å². The first-order chi connectivity index (χ1) is 5.54. The largest absolute Gasteiger partial charge is 0.394 e. The molecule has 0 saturated heterocycles.